The van der Waals surface area contributed by atoms with Gasteiger partial charge in [0.15, 0.2) is 0 Å². The van der Waals surface area contributed by atoms with Crippen molar-refractivity contribution in [2.24, 2.45) is 0 Å². The Bertz CT molecular complexity index is 1780. The van der Waals surface area contributed by atoms with E-state index in [0.717, 1.165) is 11.3 Å². The van der Waals surface area contributed by atoms with E-state index in [1.165, 1.54) is 22.3 Å². The first kappa shape index (κ1) is 30.1. The summed E-state index contributed by atoms with van der Waals surface area (Å²) in [5, 5.41) is 0. The molecule has 0 saturated heterocycles. The second-order valence-corrected chi connectivity index (χ2v) is 13.9. The smallest absolute Gasteiger partial charge is 0.206 e. The van der Waals surface area contributed by atoms with Gasteiger partial charge in [-0.15, -0.1) is 0 Å². The minimum absolute atomic E-state index is 0.142. The van der Waals surface area contributed by atoms with E-state index < -0.39 is 9.84 Å². The van der Waals surface area contributed by atoms with Gasteiger partial charge < -0.3 is 9.47 Å². The molecule has 5 heteroatoms. The molecule has 0 N–H and O–H groups in total. The number of hydrogen-bond donors (Lipinski definition) is 0. The van der Waals surface area contributed by atoms with Gasteiger partial charge in [0.1, 0.15) is 17.2 Å². The molecule has 0 amide bonds. The highest BCUT2D eigenvalue weighted by atomic mass is 32.2. The van der Waals surface area contributed by atoms with E-state index in [9.17, 15) is 8.42 Å². The Labute approximate surface area is 255 Å². The van der Waals surface area contributed by atoms with Gasteiger partial charge in [-0.3, -0.25) is 0 Å². The van der Waals surface area contributed by atoms with Crippen LogP contribution in [0.25, 0.3) is 0 Å². The normalized spacial score (nSPS) is 12.1. The number of ether oxygens (including phenoxy) is 2. The topological polar surface area (TPSA) is 52.6 Å². The molecule has 0 aliphatic heterocycles. The van der Waals surface area contributed by atoms with Crippen molar-refractivity contribution < 1.29 is 17.9 Å². The Morgan fingerprint density at radius 3 is 1.14 bits per heavy atom. The summed E-state index contributed by atoms with van der Waals surface area (Å²) >= 11 is 0. The number of sulfone groups is 1. The Morgan fingerprint density at radius 2 is 0.767 bits per heavy atom. The summed E-state index contributed by atoms with van der Waals surface area (Å²) in [7, 11) is -1.90. The third-order valence-corrected chi connectivity index (χ3v) is 10.2. The Balaban J connectivity index is 1.28. The van der Waals surface area contributed by atoms with Gasteiger partial charge in [-0.1, -0.05) is 93.9 Å². The predicted molar refractivity (Wildman–Crippen MR) is 173 cm³/mol. The summed E-state index contributed by atoms with van der Waals surface area (Å²) in [5.74, 6) is 2.12. The van der Waals surface area contributed by atoms with E-state index in [2.05, 4.69) is 76.2 Å². The molecule has 0 aromatic heterocycles. The second kappa shape index (κ2) is 11.7. The molecule has 0 radical (unpaired) electrons. The zero-order valence-corrected chi connectivity index (χ0v) is 26.4. The average molecular weight is 591 g/mol. The predicted octanol–water partition coefficient (Wildman–Crippen LogP) is 9.28. The molecule has 0 aliphatic carbocycles. The summed E-state index contributed by atoms with van der Waals surface area (Å²) in [5.41, 5.74) is 5.53. The van der Waals surface area contributed by atoms with E-state index in [1.54, 1.807) is 55.6 Å². The molecule has 0 saturated carbocycles. The van der Waals surface area contributed by atoms with E-state index in [4.69, 9.17) is 9.47 Å². The van der Waals surface area contributed by atoms with Crippen molar-refractivity contribution in [1.82, 2.24) is 0 Å². The molecule has 220 valence electrons. The number of rotatable bonds is 9. The van der Waals surface area contributed by atoms with Crippen LogP contribution in [0.2, 0.25) is 0 Å². The van der Waals surface area contributed by atoms with E-state index >= 15 is 0 Å². The summed E-state index contributed by atoms with van der Waals surface area (Å²) in [6.45, 7) is 10.9. The van der Waals surface area contributed by atoms with Gasteiger partial charge in [0, 0.05) is 10.8 Å². The lowest BCUT2D eigenvalue weighted by atomic mass is 9.74. The maximum absolute atomic E-state index is 13.0. The lowest BCUT2D eigenvalue weighted by Gasteiger charge is -2.29. The molecule has 0 spiro atoms. The first-order valence-corrected chi connectivity index (χ1v) is 15.9. The minimum Gasteiger partial charge on any atom is -0.497 e. The summed E-state index contributed by atoms with van der Waals surface area (Å²) in [6, 6.07) is 38.6. The van der Waals surface area contributed by atoms with Crippen molar-refractivity contribution >= 4 is 9.84 Å². The highest BCUT2D eigenvalue weighted by Gasteiger charge is 2.27. The fraction of sp³-hybridized carbons (Fsp3) is 0.211. The molecule has 4 nitrogen and oxygen atoms in total. The number of hydrogen-bond acceptors (Lipinski definition) is 4. The Hall–Kier alpha value is -4.35. The largest absolute Gasteiger partial charge is 0.497 e. The first-order valence-electron chi connectivity index (χ1n) is 14.4. The third kappa shape index (κ3) is 6.23. The van der Waals surface area contributed by atoms with Gasteiger partial charge in [0.25, 0.3) is 0 Å². The third-order valence-electron chi connectivity index (χ3n) is 8.42. The molecular formula is C38H38O4S. The summed E-state index contributed by atoms with van der Waals surface area (Å²) in [4.78, 5) is 0.514. The lowest BCUT2D eigenvalue weighted by Crippen LogP contribution is -2.21. The van der Waals surface area contributed by atoms with Crippen LogP contribution in [0.1, 0.15) is 55.5 Å². The van der Waals surface area contributed by atoms with Crippen LogP contribution in [0.4, 0.5) is 0 Å². The van der Waals surface area contributed by atoms with E-state index in [0.29, 0.717) is 11.5 Å². The van der Waals surface area contributed by atoms with Crippen molar-refractivity contribution in [3.63, 3.8) is 0 Å². The zero-order chi connectivity index (χ0) is 30.8. The maximum atomic E-state index is 13.0. The number of methoxy groups -OCH3 is 1. The fourth-order valence-corrected chi connectivity index (χ4v) is 6.52. The fourth-order valence-electron chi connectivity index (χ4n) is 5.26. The van der Waals surface area contributed by atoms with Crippen molar-refractivity contribution in [1.29, 1.82) is 0 Å². The molecule has 5 aromatic carbocycles. The Kier molecular flexibility index (Phi) is 8.22. The summed E-state index contributed by atoms with van der Waals surface area (Å²) in [6.07, 6.45) is 0. The van der Waals surface area contributed by atoms with Gasteiger partial charge in [0.2, 0.25) is 9.84 Å². The van der Waals surface area contributed by atoms with Crippen LogP contribution in [-0.4, -0.2) is 15.5 Å². The minimum atomic E-state index is -3.58. The van der Waals surface area contributed by atoms with E-state index in [1.807, 2.05) is 31.2 Å². The van der Waals surface area contributed by atoms with Crippen LogP contribution in [0.5, 0.6) is 17.2 Å². The average Bonchev–Trinajstić information content (AvgIpc) is 3.02. The SMILES string of the molecule is COc1ccc(C(C)(C)c2ccc(C(C)(C)c3ccc(Oc4ccc(S(=O)(=O)c5ccc(C)cc5)cc4)cc3)cc2)cc1. The molecule has 5 aromatic rings. The van der Waals surface area contributed by atoms with Gasteiger partial charge in [-0.2, -0.15) is 0 Å². The second-order valence-electron chi connectivity index (χ2n) is 12.0. The number of aryl methyl sites for hydroxylation is 1. The highest BCUT2D eigenvalue weighted by Crippen LogP contribution is 2.37. The van der Waals surface area contributed by atoms with Crippen LogP contribution in [0.3, 0.4) is 0 Å². The molecular weight excluding hydrogens is 552 g/mol. The standard InChI is InChI=1S/C38H38O4S/c1-27-7-23-35(24-8-27)43(39,40)36-25-21-34(22-26-36)42-33-19-15-31(16-20-33)38(4,5)29-11-9-28(10-12-29)37(2,3)30-13-17-32(41-6)18-14-30/h7-26H,1-6H3. The lowest BCUT2D eigenvalue weighted by molar-refractivity contribution is 0.414. The van der Waals surface area contributed by atoms with Crippen LogP contribution < -0.4 is 9.47 Å². The maximum Gasteiger partial charge on any atom is 0.206 e. The van der Waals surface area contributed by atoms with Crippen molar-refractivity contribution in [2.45, 2.75) is 55.2 Å². The highest BCUT2D eigenvalue weighted by molar-refractivity contribution is 7.91. The zero-order valence-electron chi connectivity index (χ0n) is 25.6. The molecule has 5 rings (SSSR count). The molecule has 0 heterocycles. The van der Waals surface area contributed by atoms with Crippen LogP contribution >= 0.6 is 0 Å². The molecule has 43 heavy (non-hydrogen) atoms. The molecule has 0 unspecified atom stereocenters. The number of benzene rings is 5. The Morgan fingerprint density at radius 1 is 0.465 bits per heavy atom. The molecule has 0 atom stereocenters. The first-order chi connectivity index (χ1) is 20.4. The van der Waals surface area contributed by atoms with Gasteiger partial charge >= 0.3 is 0 Å². The van der Waals surface area contributed by atoms with Crippen LogP contribution in [0.15, 0.2) is 131 Å². The molecule has 0 bridgehead atoms. The summed E-state index contributed by atoms with van der Waals surface area (Å²) < 4.78 is 37.3. The molecule has 0 fully saturated rings. The van der Waals surface area contributed by atoms with Gasteiger partial charge in [-0.25, -0.2) is 8.42 Å². The van der Waals surface area contributed by atoms with Gasteiger partial charge in [-0.05, 0) is 89.8 Å². The van der Waals surface area contributed by atoms with Crippen molar-refractivity contribution in [2.75, 3.05) is 7.11 Å². The van der Waals surface area contributed by atoms with Crippen molar-refractivity contribution in [3.05, 3.63) is 149 Å². The molecule has 0 aliphatic rings. The van der Waals surface area contributed by atoms with Gasteiger partial charge in [0.05, 0.1) is 16.9 Å². The van der Waals surface area contributed by atoms with Crippen LogP contribution in [-0.2, 0) is 20.7 Å². The quantitative estimate of drug-likeness (QED) is 0.172. The van der Waals surface area contributed by atoms with E-state index in [-0.39, 0.29) is 20.6 Å². The van der Waals surface area contributed by atoms with Crippen LogP contribution in [0, 0.1) is 6.92 Å². The van der Waals surface area contributed by atoms with Crippen molar-refractivity contribution in [3.8, 4) is 17.2 Å². The monoisotopic (exact) mass is 590 g/mol.